The van der Waals surface area contributed by atoms with Crippen LogP contribution in [0.15, 0.2) is 0 Å². The molecule has 0 atom stereocenters. The van der Waals surface area contributed by atoms with Crippen LogP contribution in [0.5, 0.6) is 0 Å². The van der Waals surface area contributed by atoms with E-state index in [1.54, 1.807) is 0 Å². The summed E-state index contributed by atoms with van der Waals surface area (Å²) in [6, 6.07) is 0. The van der Waals surface area contributed by atoms with Crippen LogP contribution in [-0.2, 0) is 0 Å². The first-order valence-corrected chi connectivity index (χ1v) is 230. The van der Waals surface area contributed by atoms with Crippen LogP contribution >= 0.6 is 205 Å². The van der Waals surface area contributed by atoms with Gasteiger partial charge in [-0.1, -0.05) is 0 Å². The van der Waals surface area contributed by atoms with E-state index in [1.807, 2.05) is 6.42 Å². The van der Waals surface area contributed by atoms with Crippen LogP contribution in [0.2, 0.25) is 0 Å². The molecule has 0 radical (unpaired) electrons. The van der Waals surface area contributed by atoms with E-state index in [4.69, 9.17) is 0 Å². The Morgan fingerprint density at radius 3 is 1.06 bits per heavy atom. The summed E-state index contributed by atoms with van der Waals surface area (Å²) in [5.41, 5.74) is 0. The topological polar surface area (TPSA) is 0 Å². The van der Waals surface area contributed by atoms with Gasteiger partial charge in [0.2, 0.25) is 0 Å². The zero-order valence-electron chi connectivity index (χ0n) is 16.8. The summed E-state index contributed by atoms with van der Waals surface area (Å²) in [5.74, 6) is 1.15. The van der Waals surface area contributed by atoms with Crippen molar-refractivity contribution in [3.63, 3.8) is 0 Å². The Morgan fingerprint density at radius 2 is 0.727 bits per heavy atom. The predicted octanol–water partition coefficient (Wildman–Crippen LogP) is 23.7. The standard InChI is InChI=1S/C9H22I24/c1-6-12-13(8-7-9(2)3)17-16(12)20-21(17)25-24(20)28-29(25)33-31-27-23-19-15-11(5)10(4)14(15)18(19)22(23)26(27)30(31)32(28)33/h9H,6-8H2,1-5H3. The Bertz CT molecular complexity index is 1010. The molecule has 11 saturated heterocycles. The normalized spacial score (nSPS) is 54.7. The van der Waals surface area contributed by atoms with Gasteiger partial charge < -0.3 is 0 Å². The average molecular weight is 3180 g/mol. The van der Waals surface area contributed by atoms with Gasteiger partial charge in [-0.15, -0.1) is 0 Å². The number of alkyl halides is 4. The number of rotatable bonds is 4. The summed E-state index contributed by atoms with van der Waals surface area (Å²) in [6.45, 7) is 8.14. The molecule has 0 amide bonds. The molecular formula is C9H22I24. The van der Waals surface area contributed by atoms with Crippen LogP contribution in [0.1, 0.15) is 27.2 Å². The van der Waals surface area contributed by atoms with Gasteiger partial charge >= 0.3 is 257 Å². The number of hydrogen-bond acceptors (Lipinski definition) is 0. The summed E-state index contributed by atoms with van der Waals surface area (Å²) in [7, 11) is 10.5. The molecule has 0 bridgehead atoms. The van der Waals surface area contributed by atoms with E-state index in [9.17, 15) is 0 Å². The summed E-state index contributed by atoms with van der Waals surface area (Å²) in [6.07, 6.45) is 1.85. The Labute approximate surface area is 238 Å². The van der Waals surface area contributed by atoms with Gasteiger partial charge in [0.1, 0.15) is 0 Å². The fourth-order valence-corrected chi connectivity index (χ4v) is 21100. The number of hydrogen-bond donors (Lipinski definition) is 0. The van der Waals surface area contributed by atoms with Crippen molar-refractivity contribution in [2.24, 2.45) is 5.92 Å². The van der Waals surface area contributed by atoms with Crippen molar-refractivity contribution in [2.45, 2.75) is 27.2 Å². The molecule has 0 aromatic carbocycles. The molecule has 0 aromatic heterocycles. The van der Waals surface area contributed by atoms with E-state index >= 15 is 0 Å². The molecule has 11 heterocycles. The van der Waals surface area contributed by atoms with E-state index < -0.39 is 0 Å². The minimum atomic E-state index is 0.0943. The van der Waals surface area contributed by atoms with E-state index in [0.717, 1.165) is 5.92 Å². The maximum absolute atomic E-state index is 3.17. The van der Waals surface area contributed by atoms with Crippen molar-refractivity contribution in [2.75, 3.05) is 18.7 Å². The summed E-state index contributed by atoms with van der Waals surface area (Å²) in [5, 5.41) is 0. The quantitative estimate of drug-likeness (QED) is 0.194. The molecule has 24 heteroatoms. The summed E-state index contributed by atoms with van der Waals surface area (Å²) in [4.78, 5) is 6.34. The number of fused-ring (bicyclic) bond motifs is 28. The minimum absolute atomic E-state index is 0.0943. The van der Waals surface area contributed by atoms with Crippen molar-refractivity contribution < 1.29 is 0 Å². The van der Waals surface area contributed by atoms with Crippen LogP contribution in [0.25, 0.3) is 0 Å². The zero-order chi connectivity index (χ0) is 21.6. The van der Waals surface area contributed by atoms with Gasteiger partial charge in [0, 0.05) is 0 Å². The monoisotopic (exact) mass is 3180 g/mol. The number of halogens is 24. The van der Waals surface area contributed by atoms with E-state index in [2.05, 4.69) is 39.5 Å². The first-order valence-electron chi connectivity index (χ1n) is 8.92. The third-order valence-electron chi connectivity index (χ3n) is 4.29. The van der Waals surface area contributed by atoms with E-state index in [-0.39, 0.29) is 47.5 Å². The van der Waals surface area contributed by atoms with Crippen LogP contribution in [0.3, 0.4) is 0 Å². The third-order valence-corrected chi connectivity index (χ3v) is 5240. The predicted molar refractivity (Wildman–Crippen MR) is 383 cm³/mol. The first kappa shape index (κ1) is 33.8. The van der Waals surface area contributed by atoms with Crippen LogP contribution < -0.4 is 0 Å². The molecule has 0 nitrogen and oxygen atoms in total. The molecule has 226 valence electrons. The Hall–Kier alpha value is 17.5. The van der Waals surface area contributed by atoms with E-state index in [1.165, 1.54) is 0 Å². The van der Waals surface area contributed by atoms with Gasteiger partial charge in [-0.25, -0.2) is 0 Å². The van der Waals surface area contributed by atoms with Crippen molar-refractivity contribution in [1.29, 1.82) is 0 Å². The molecule has 0 spiro atoms. The molecule has 11 aliphatic rings. The fraction of sp³-hybridized carbons (Fsp3) is 1.00. The molecule has 11 fully saturated rings. The SMILES string of the molecule is CCI1I(CCC(C)C)I2I1I1I2I2I1I1I2I2I3I4I5I6I7I(C)I(C)I7I6I5I4I3I12. The molecule has 33 heavy (non-hydrogen) atoms. The van der Waals surface area contributed by atoms with Gasteiger partial charge in [-0.05, 0) is 0 Å². The second-order valence-electron chi connectivity index (χ2n) is 6.57. The molecule has 0 N–H and O–H groups in total. The fourth-order valence-electron chi connectivity index (χ4n) is 2.71. The molecule has 11 rings (SSSR count). The second-order valence-corrected chi connectivity index (χ2v) is 1090. The second kappa shape index (κ2) is 12.8. The average Bonchev–Trinajstić information content (AvgIpc) is 2.74. The van der Waals surface area contributed by atoms with Crippen LogP contribution in [0.4, 0.5) is 0 Å². The van der Waals surface area contributed by atoms with Crippen molar-refractivity contribution in [1.82, 2.24) is 0 Å². The van der Waals surface area contributed by atoms with Gasteiger partial charge in [-0.3, -0.25) is 0 Å². The van der Waals surface area contributed by atoms with Crippen molar-refractivity contribution in [3.8, 4) is 0 Å². The zero-order valence-corrected chi connectivity index (χ0v) is 68.5. The summed E-state index contributed by atoms with van der Waals surface area (Å²) >= 11 is 0.628. The van der Waals surface area contributed by atoms with Gasteiger partial charge in [0.25, 0.3) is 0 Å². The van der Waals surface area contributed by atoms with Crippen molar-refractivity contribution >= 4 is 205 Å². The van der Waals surface area contributed by atoms with Gasteiger partial charge in [0.05, 0.1) is 0 Å². The van der Waals surface area contributed by atoms with Crippen LogP contribution in [-0.4, -0.2) is 18.7 Å². The maximum atomic E-state index is 3.17. The van der Waals surface area contributed by atoms with Crippen molar-refractivity contribution in [3.05, 3.63) is 0 Å². The van der Waals surface area contributed by atoms with Gasteiger partial charge in [-0.2, -0.15) is 0 Å². The molecule has 0 aliphatic carbocycles. The molecule has 11 aliphatic heterocycles. The Balaban J connectivity index is 0.831. The first-order chi connectivity index (χ1) is 16.1. The third kappa shape index (κ3) is 4.34. The Morgan fingerprint density at radius 1 is 0.424 bits per heavy atom. The van der Waals surface area contributed by atoms with Gasteiger partial charge in [0.15, 0.2) is 0 Å². The summed E-state index contributed by atoms with van der Waals surface area (Å²) < 4.78 is 4.21. The molecule has 0 saturated carbocycles. The Kier molecular flexibility index (Phi) is 13.1. The van der Waals surface area contributed by atoms with E-state index in [0.29, 0.717) is 158 Å². The molecular weight excluding hydrogens is 3150 g/mol. The molecule has 0 unspecified atom stereocenters. The molecule has 0 aromatic rings. The van der Waals surface area contributed by atoms with Crippen LogP contribution in [0, 0.1) is 5.92 Å².